The third kappa shape index (κ3) is 4.32. The number of thiazole rings is 1. The van der Waals surface area contributed by atoms with Gasteiger partial charge in [0.1, 0.15) is 17.4 Å². The molecular formula is C28H23NO3S. The van der Waals surface area contributed by atoms with Crippen molar-refractivity contribution in [1.82, 2.24) is 4.98 Å². The van der Waals surface area contributed by atoms with E-state index in [1.54, 1.807) is 11.3 Å². The van der Waals surface area contributed by atoms with E-state index >= 15 is 0 Å². The Hall–Kier alpha value is -3.70. The van der Waals surface area contributed by atoms with Gasteiger partial charge in [-0.05, 0) is 31.0 Å². The number of ether oxygens (including phenoxy) is 2. The van der Waals surface area contributed by atoms with Gasteiger partial charge >= 0.3 is 5.97 Å². The highest BCUT2D eigenvalue weighted by Crippen LogP contribution is 2.48. The quantitative estimate of drug-likeness (QED) is 0.317. The van der Waals surface area contributed by atoms with E-state index in [1.807, 2.05) is 79.7 Å². The zero-order valence-electron chi connectivity index (χ0n) is 18.4. The maximum atomic E-state index is 13.3. The Balaban J connectivity index is 1.53. The highest BCUT2D eigenvalue weighted by molar-refractivity contribution is 7.15. The molecule has 0 amide bonds. The number of aryl methyl sites for hydroxylation is 1. The molecule has 5 heteroatoms. The zero-order valence-corrected chi connectivity index (χ0v) is 19.3. The van der Waals surface area contributed by atoms with E-state index in [1.165, 1.54) is 5.56 Å². The molecule has 0 spiro atoms. The lowest BCUT2D eigenvalue weighted by Crippen LogP contribution is -2.22. The van der Waals surface area contributed by atoms with Crippen LogP contribution in [0.25, 0.3) is 10.6 Å². The van der Waals surface area contributed by atoms with E-state index in [0.717, 1.165) is 26.6 Å². The van der Waals surface area contributed by atoms with Crippen LogP contribution >= 0.6 is 11.3 Å². The molecule has 5 rings (SSSR count). The van der Waals surface area contributed by atoms with Crippen molar-refractivity contribution in [3.05, 3.63) is 118 Å². The summed E-state index contributed by atoms with van der Waals surface area (Å²) in [5.41, 5.74) is 4.67. The summed E-state index contributed by atoms with van der Waals surface area (Å²) in [4.78, 5) is 19.0. The molecule has 0 saturated carbocycles. The van der Waals surface area contributed by atoms with Crippen molar-refractivity contribution in [2.75, 3.05) is 0 Å². The Morgan fingerprint density at radius 3 is 2.42 bits per heavy atom. The average molecular weight is 454 g/mol. The predicted molar refractivity (Wildman–Crippen MR) is 130 cm³/mol. The van der Waals surface area contributed by atoms with Crippen LogP contribution < -0.4 is 4.74 Å². The van der Waals surface area contributed by atoms with Crippen molar-refractivity contribution >= 4 is 17.3 Å². The fourth-order valence-corrected chi connectivity index (χ4v) is 5.16. The minimum absolute atomic E-state index is 0.210. The van der Waals surface area contributed by atoms with Gasteiger partial charge in [-0.25, -0.2) is 9.78 Å². The number of carbonyl (C=O) groups is 1. The molecule has 1 aliphatic rings. The molecule has 0 fully saturated rings. The molecule has 1 atom stereocenters. The Morgan fingerprint density at radius 1 is 0.970 bits per heavy atom. The first-order valence-electron chi connectivity index (χ1n) is 10.8. The molecular weight excluding hydrogens is 430 g/mol. The first-order chi connectivity index (χ1) is 16.1. The number of aromatic nitrogens is 1. The van der Waals surface area contributed by atoms with Crippen LogP contribution in [0.3, 0.4) is 0 Å². The van der Waals surface area contributed by atoms with Gasteiger partial charge in [0, 0.05) is 5.56 Å². The van der Waals surface area contributed by atoms with Crippen LogP contribution in [0.5, 0.6) is 5.88 Å². The van der Waals surface area contributed by atoms with Crippen molar-refractivity contribution in [3.8, 4) is 16.5 Å². The van der Waals surface area contributed by atoms with Gasteiger partial charge in [0.2, 0.25) is 5.88 Å². The Kier molecular flexibility index (Phi) is 5.80. The lowest BCUT2D eigenvalue weighted by Gasteiger charge is -2.25. The second-order valence-electron chi connectivity index (χ2n) is 8.04. The topological polar surface area (TPSA) is 48.4 Å². The van der Waals surface area contributed by atoms with Crippen molar-refractivity contribution in [2.24, 2.45) is 0 Å². The molecule has 0 N–H and O–H groups in total. The maximum Gasteiger partial charge on any atom is 0.338 e. The number of benzene rings is 3. The van der Waals surface area contributed by atoms with Gasteiger partial charge < -0.3 is 9.47 Å². The third-order valence-corrected chi connectivity index (χ3v) is 6.78. The van der Waals surface area contributed by atoms with Gasteiger partial charge in [0.25, 0.3) is 0 Å². The lowest BCUT2D eigenvalue weighted by molar-refractivity contribution is -0.140. The number of carbonyl (C=O) groups excluding carboxylic acids is 1. The number of fused-ring (bicyclic) bond motifs is 1. The molecule has 4 aromatic rings. The lowest BCUT2D eigenvalue weighted by atomic mass is 9.87. The number of esters is 1. The highest BCUT2D eigenvalue weighted by atomic mass is 32.1. The normalized spacial score (nSPS) is 15.0. The van der Waals surface area contributed by atoms with Crippen LogP contribution in [0.1, 0.15) is 34.4 Å². The molecule has 3 aromatic carbocycles. The number of hydrogen-bond donors (Lipinski definition) is 0. The number of rotatable bonds is 5. The Bertz CT molecular complexity index is 1330. The Morgan fingerprint density at radius 2 is 1.70 bits per heavy atom. The van der Waals surface area contributed by atoms with E-state index in [0.29, 0.717) is 17.2 Å². The van der Waals surface area contributed by atoms with E-state index in [2.05, 4.69) is 19.1 Å². The van der Waals surface area contributed by atoms with Crippen LogP contribution in [-0.2, 0) is 16.1 Å². The molecule has 0 saturated heterocycles. The highest BCUT2D eigenvalue weighted by Gasteiger charge is 2.37. The molecule has 0 aliphatic carbocycles. The summed E-state index contributed by atoms with van der Waals surface area (Å²) < 4.78 is 11.8. The molecule has 0 bridgehead atoms. The minimum Gasteiger partial charge on any atom is -0.457 e. The van der Waals surface area contributed by atoms with Crippen LogP contribution in [-0.4, -0.2) is 11.0 Å². The smallest absolute Gasteiger partial charge is 0.338 e. The summed E-state index contributed by atoms with van der Waals surface area (Å²) in [6.07, 6.45) is 0. The summed E-state index contributed by atoms with van der Waals surface area (Å²) in [5, 5.41) is 0.872. The van der Waals surface area contributed by atoms with Gasteiger partial charge in [0.15, 0.2) is 0 Å². The summed E-state index contributed by atoms with van der Waals surface area (Å²) >= 11 is 1.56. The van der Waals surface area contributed by atoms with Crippen molar-refractivity contribution in [2.45, 2.75) is 26.4 Å². The number of allylic oxidation sites excluding steroid dienone is 1. The van der Waals surface area contributed by atoms with Gasteiger partial charge in [-0.2, -0.15) is 0 Å². The summed E-state index contributed by atoms with van der Waals surface area (Å²) in [7, 11) is 0. The SMILES string of the molecule is CC1=C(C(=O)OCc2ccccc2)C(c2ccccc2)c2sc(-c3cccc(C)c3)nc2O1. The maximum absolute atomic E-state index is 13.3. The first kappa shape index (κ1) is 21.2. The molecule has 0 radical (unpaired) electrons. The van der Waals surface area contributed by atoms with E-state index in [4.69, 9.17) is 14.5 Å². The fourth-order valence-electron chi connectivity index (χ4n) is 4.04. The van der Waals surface area contributed by atoms with E-state index < -0.39 is 0 Å². The predicted octanol–water partition coefficient (Wildman–Crippen LogP) is 6.66. The molecule has 1 aliphatic heterocycles. The van der Waals surface area contributed by atoms with Crippen molar-refractivity contribution < 1.29 is 14.3 Å². The molecule has 4 nitrogen and oxygen atoms in total. The van der Waals surface area contributed by atoms with Crippen LogP contribution in [0.2, 0.25) is 0 Å². The van der Waals surface area contributed by atoms with Gasteiger partial charge in [-0.15, -0.1) is 11.3 Å². The summed E-state index contributed by atoms with van der Waals surface area (Å²) in [6, 6.07) is 27.9. The molecule has 1 unspecified atom stereocenters. The average Bonchev–Trinajstić information content (AvgIpc) is 3.26. The first-order valence-corrected chi connectivity index (χ1v) is 11.6. The second-order valence-corrected chi connectivity index (χ2v) is 9.07. The molecule has 2 heterocycles. The van der Waals surface area contributed by atoms with Gasteiger partial charge in [-0.3, -0.25) is 0 Å². The molecule has 164 valence electrons. The number of hydrogen-bond acceptors (Lipinski definition) is 5. The summed E-state index contributed by atoms with van der Waals surface area (Å²) in [5.74, 6) is 0.411. The minimum atomic E-state index is -0.374. The van der Waals surface area contributed by atoms with Crippen LogP contribution in [0.15, 0.2) is 96.3 Å². The largest absolute Gasteiger partial charge is 0.457 e. The van der Waals surface area contributed by atoms with Gasteiger partial charge in [0.05, 0.1) is 16.4 Å². The fraction of sp³-hybridized carbons (Fsp3) is 0.143. The third-order valence-electron chi connectivity index (χ3n) is 5.63. The monoisotopic (exact) mass is 453 g/mol. The zero-order chi connectivity index (χ0) is 22.8. The molecule has 1 aromatic heterocycles. The van der Waals surface area contributed by atoms with Crippen molar-refractivity contribution in [3.63, 3.8) is 0 Å². The van der Waals surface area contributed by atoms with Crippen molar-refractivity contribution in [1.29, 1.82) is 0 Å². The van der Waals surface area contributed by atoms with E-state index in [9.17, 15) is 4.79 Å². The summed E-state index contributed by atoms with van der Waals surface area (Å²) in [6.45, 7) is 4.08. The van der Waals surface area contributed by atoms with E-state index in [-0.39, 0.29) is 18.5 Å². The molecule has 33 heavy (non-hydrogen) atoms. The second kappa shape index (κ2) is 9.04. The standard InChI is InChI=1S/C28H23NO3S/c1-18-10-9-15-22(16-18)27-29-26-25(33-27)24(21-13-7-4-8-14-21)23(19(2)32-26)28(30)31-17-20-11-5-3-6-12-20/h3-16,24H,17H2,1-2H3. The van der Waals surface area contributed by atoms with Crippen LogP contribution in [0, 0.1) is 6.92 Å². The number of nitrogens with zero attached hydrogens (tertiary/aromatic N) is 1. The Labute approximate surface area is 197 Å². The van der Waals surface area contributed by atoms with Gasteiger partial charge in [-0.1, -0.05) is 84.4 Å². The van der Waals surface area contributed by atoms with Crippen LogP contribution in [0.4, 0.5) is 0 Å².